The Kier molecular flexibility index (Phi) is 7.90. The van der Waals surface area contributed by atoms with E-state index in [1.807, 2.05) is 6.07 Å². The van der Waals surface area contributed by atoms with Crippen molar-refractivity contribution < 1.29 is 19.4 Å². The molecule has 0 radical (unpaired) electrons. The zero-order valence-electron chi connectivity index (χ0n) is 19.6. The average molecular weight is 465 g/mol. The molecule has 0 fully saturated rings. The van der Waals surface area contributed by atoms with Crippen LogP contribution in [-0.2, 0) is 35.8 Å². The fourth-order valence-corrected chi connectivity index (χ4v) is 4.48. The Labute approximate surface area is 199 Å². The van der Waals surface area contributed by atoms with E-state index in [9.17, 15) is 14.7 Å². The number of rotatable bonds is 11. The summed E-state index contributed by atoms with van der Waals surface area (Å²) in [6.45, 7) is 1.06. The summed E-state index contributed by atoms with van der Waals surface area (Å²) in [6.07, 6.45) is 8.93. The summed E-state index contributed by atoms with van der Waals surface area (Å²) < 4.78 is 7.38. The predicted molar refractivity (Wildman–Crippen MR) is 129 cm³/mol. The van der Waals surface area contributed by atoms with Crippen molar-refractivity contribution >= 4 is 22.8 Å². The number of benzene rings is 1. The second-order valence-electron chi connectivity index (χ2n) is 8.84. The minimum atomic E-state index is -1.05. The van der Waals surface area contributed by atoms with Crippen LogP contribution in [-0.4, -0.2) is 51.0 Å². The third kappa shape index (κ3) is 5.80. The maximum atomic E-state index is 12.7. The molecule has 0 saturated heterocycles. The fourth-order valence-electron chi connectivity index (χ4n) is 4.48. The van der Waals surface area contributed by atoms with Gasteiger partial charge in [0.05, 0.1) is 17.3 Å². The molecular formula is C26H32N4O4. The lowest BCUT2D eigenvalue weighted by atomic mass is 9.95. The summed E-state index contributed by atoms with van der Waals surface area (Å²) >= 11 is 0. The Morgan fingerprint density at radius 3 is 2.82 bits per heavy atom. The molecule has 8 nitrogen and oxygen atoms in total. The van der Waals surface area contributed by atoms with Gasteiger partial charge in [-0.05, 0) is 75.1 Å². The molecule has 0 bridgehead atoms. The van der Waals surface area contributed by atoms with Crippen molar-refractivity contribution in [2.24, 2.45) is 7.05 Å². The zero-order valence-corrected chi connectivity index (χ0v) is 19.6. The second kappa shape index (κ2) is 11.2. The zero-order chi connectivity index (χ0) is 23.9. The molecule has 8 heteroatoms. The van der Waals surface area contributed by atoms with E-state index in [1.165, 1.54) is 24.1 Å². The predicted octanol–water partition coefficient (Wildman–Crippen LogP) is 3.46. The first kappa shape index (κ1) is 23.9. The number of carboxylic acids is 1. The summed E-state index contributed by atoms with van der Waals surface area (Å²) in [4.78, 5) is 29.2. The number of amides is 1. The van der Waals surface area contributed by atoms with Crippen molar-refractivity contribution in [2.75, 3.05) is 13.2 Å². The average Bonchev–Trinajstić information content (AvgIpc) is 3.23. The van der Waals surface area contributed by atoms with Gasteiger partial charge in [-0.3, -0.25) is 14.5 Å². The number of carbonyl (C=O) groups excluding carboxylic acids is 1. The highest BCUT2D eigenvalue weighted by Gasteiger charge is 2.22. The molecule has 2 aromatic heterocycles. The van der Waals surface area contributed by atoms with Crippen molar-refractivity contribution in [2.45, 2.75) is 57.4 Å². The molecular weight excluding hydrogens is 432 g/mol. The topological polar surface area (TPSA) is 106 Å². The van der Waals surface area contributed by atoms with Gasteiger partial charge in [0.15, 0.2) is 0 Å². The van der Waals surface area contributed by atoms with Crippen LogP contribution in [0, 0.1) is 0 Å². The summed E-state index contributed by atoms with van der Waals surface area (Å²) in [5.74, 6) is -1.46. The van der Waals surface area contributed by atoms with Crippen LogP contribution in [0.3, 0.4) is 0 Å². The van der Waals surface area contributed by atoms with Crippen LogP contribution in [0.15, 0.2) is 36.5 Å². The van der Waals surface area contributed by atoms with Crippen LogP contribution >= 0.6 is 0 Å². The van der Waals surface area contributed by atoms with Gasteiger partial charge in [0.1, 0.15) is 6.04 Å². The van der Waals surface area contributed by atoms with Gasteiger partial charge in [-0.2, -0.15) is 5.10 Å². The summed E-state index contributed by atoms with van der Waals surface area (Å²) in [6, 6.07) is 8.68. The number of aliphatic carboxylic acids is 1. The second-order valence-corrected chi connectivity index (χ2v) is 8.84. The third-order valence-electron chi connectivity index (χ3n) is 6.38. The van der Waals surface area contributed by atoms with E-state index in [0.29, 0.717) is 37.0 Å². The third-order valence-corrected chi connectivity index (χ3v) is 6.38. The first-order chi connectivity index (χ1) is 16.5. The van der Waals surface area contributed by atoms with Crippen LogP contribution in [0.1, 0.15) is 59.4 Å². The molecule has 0 spiro atoms. The number of nitrogens with one attached hydrogen (secondary N) is 1. The Morgan fingerprint density at radius 2 is 1.97 bits per heavy atom. The molecule has 1 aliphatic carbocycles. The maximum Gasteiger partial charge on any atom is 0.326 e. The minimum absolute atomic E-state index is 0.302. The van der Waals surface area contributed by atoms with E-state index in [4.69, 9.17) is 9.72 Å². The van der Waals surface area contributed by atoms with Crippen molar-refractivity contribution in [3.8, 4) is 0 Å². The molecule has 1 aromatic carbocycles. The number of hydrogen-bond donors (Lipinski definition) is 2. The van der Waals surface area contributed by atoms with Crippen LogP contribution in [0.4, 0.5) is 0 Å². The van der Waals surface area contributed by atoms with Gasteiger partial charge in [0.2, 0.25) is 0 Å². The van der Waals surface area contributed by atoms with E-state index in [0.717, 1.165) is 36.9 Å². The number of hydrogen-bond acceptors (Lipinski definition) is 5. The lowest BCUT2D eigenvalue weighted by Crippen LogP contribution is -2.41. The minimum Gasteiger partial charge on any atom is -0.480 e. The van der Waals surface area contributed by atoms with Crippen LogP contribution < -0.4 is 5.32 Å². The van der Waals surface area contributed by atoms with E-state index in [2.05, 4.69) is 22.5 Å². The molecule has 0 aliphatic heterocycles. The van der Waals surface area contributed by atoms with Crippen molar-refractivity contribution in [1.29, 1.82) is 0 Å². The summed E-state index contributed by atoms with van der Waals surface area (Å²) in [5, 5.41) is 17.1. The molecule has 4 rings (SSSR count). The molecule has 2 N–H and O–H groups in total. The van der Waals surface area contributed by atoms with E-state index >= 15 is 0 Å². The molecule has 180 valence electrons. The largest absolute Gasteiger partial charge is 0.480 e. The van der Waals surface area contributed by atoms with Gasteiger partial charge < -0.3 is 15.2 Å². The quantitative estimate of drug-likeness (QED) is 0.421. The number of nitrogens with zero attached hydrogens (tertiary/aromatic N) is 3. The highest BCUT2D eigenvalue weighted by Crippen LogP contribution is 2.20. The van der Waals surface area contributed by atoms with Gasteiger partial charge in [0, 0.05) is 37.0 Å². The molecule has 1 unspecified atom stereocenters. The molecule has 3 aromatic rings. The highest BCUT2D eigenvalue weighted by molar-refractivity contribution is 6.07. The number of carboxylic acid groups (broad SMARTS) is 1. The SMILES string of the molecule is Cn1ncc2c(C(=O)NC(CCCOCCCc3ccc4c(n3)CCCC4)C(=O)O)cccc21. The van der Waals surface area contributed by atoms with Gasteiger partial charge in [0.25, 0.3) is 5.91 Å². The van der Waals surface area contributed by atoms with Crippen molar-refractivity contribution in [3.05, 3.63) is 59.0 Å². The van der Waals surface area contributed by atoms with Crippen molar-refractivity contribution in [3.63, 3.8) is 0 Å². The normalized spacial score (nSPS) is 14.0. The molecule has 1 aliphatic rings. The van der Waals surface area contributed by atoms with Crippen LogP contribution in [0.2, 0.25) is 0 Å². The lowest BCUT2D eigenvalue weighted by molar-refractivity contribution is -0.139. The molecule has 34 heavy (non-hydrogen) atoms. The Balaban J connectivity index is 1.18. The number of aromatic nitrogens is 3. The van der Waals surface area contributed by atoms with Crippen molar-refractivity contribution in [1.82, 2.24) is 20.1 Å². The van der Waals surface area contributed by atoms with E-state index in [-0.39, 0.29) is 0 Å². The fraction of sp³-hybridized carbons (Fsp3) is 0.462. The molecule has 2 heterocycles. The highest BCUT2D eigenvalue weighted by atomic mass is 16.5. The number of pyridine rings is 1. The monoisotopic (exact) mass is 464 g/mol. The van der Waals surface area contributed by atoms with E-state index < -0.39 is 17.9 Å². The molecule has 1 amide bonds. The molecule has 0 saturated carbocycles. The standard InChI is InChI=1S/C26H32N4O4/c1-30-24-12-4-9-20(21(24)17-27-30)25(31)29-23(26(32)33)11-6-16-34-15-5-8-19-14-13-18-7-2-3-10-22(18)28-19/h4,9,12-14,17,23H,2-3,5-8,10-11,15-16H2,1H3,(H,29,31)(H,32,33). The van der Waals surface area contributed by atoms with Crippen LogP contribution in [0.5, 0.6) is 0 Å². The van der Waals surface area contributed by atoms with Gasteiger partial charge in [-0.15, -0.1) is 0 Å². The molecule has 1 atom stereocenters. The number of fused-ring (bicyclic) bond motifs is 2. The summed E-state index contributed by atoms with van der Waals surface area (Å²) in [5.41, 5.74) is 5.00. The smallest absolute Gasteiger partial charge is 0.326 e. The lowest BCUT2D eigenvalue weighted by Gasteiger charge is -2.16. The van der Waals surface area contributed by atoms with Gasteiger partial charge >= 0.3 is 5.97 Å². The Hall–Kier alpha value is -3.26. The van der Waals surface area contributed by atoms with Gasteiger partial charge in [-0.1, -0.05) is 12.1 Å². The number of aryl methyl sites for hydroxylation is 4. The Morgan fingerprint density at radius 1 is 1.15 bits per heavy atom. The van der Waals surface area contributed by atoms with Gasteiger partial charge in [-0.25, -0.2) is 4.79 Å². The maximum absolute atomic E-state index is 12.7. The van der Waals surface area contributed by atoms with E-state index in [1.54, 1.807) is 30.1 Å². The first-order valence-corrected chi connectivity index (χ1v) is 12.0. The number of carbonyl (C=O) groups is 2. The summed E-state index contributed by atoms with van der Waals surface area (Å²) in [7, 11) is 1.80. The first-order valence-electron chi connectivity index (χ1n) is 12.0. The van der Waals surface area contributed by atoms with Crippen LogP contribution in [0.25, 0.3) is 10.9 Å². The Bertz CT molecular complexity index is 1160. The number of ether oxygens (including phenoxy) is 1.